The minimum atomic E-state index is -0.165. The summed E-state index contributed by atoms with van der Waals surface area (Å²) in [5.41, 5.74) is 4.26. The summed E-state index contributed by atoms with van der Waals surface area (Å²) in [4.78, 5) is 23.6. The van der Waals surface area contributed by atoms with Gasteiger partial charge in [-0.05, 0) is 38.5 Å². The van der Waals surface area contributed by atoms with Gasteiger partial charge >= 0.3 is 0 Å². The molecule has 7 heteroatoms. The molecule has 1 aromatic heterocycles. The number of nitrogens with zero attached hydrogens (tertiary/aromatic N) is 2. The fourth-order valence-corrected chi connectivity index (χ4v) is 5.28. The number of ether oxygens (including phenoxy) is 1. The van der Waals surface area contributed by atoms with Crippen LogP contribution in [0.15, 0.2) is 65.3 Å². The highest BCUT2D eigenvalue weighted by Crippen LogP contribution is 2.33. The number of fused-ring (bicyclic) bond motifs is 1. The van der Waals surface area contributed by atoms with Crippen molar-refractivity contribution in [2.75, 3.05) is 20.2 Å². The summed E-state index contributed by atoms with van der Waals surface area (Å²) in [7, 11) is 1.65. The second-order valence-corrected chi connectivity index (χ2v) is 9.43. The molecule has 2 aromatic carbocycles. The highest BCUT2D eigenvalue weighted by Gasteiger charge is 2.37. The van der Waals surface area contributed by atoms with E-state index in [-0.39, 0.29) is 11.9 Å². The van der Waals surface area contributed by atoms with E-state index in [1.807, 2.05) is 55.5 Å². The summed E-state index contributed by atoms with van der Waals surface area (Å²) in [6.45, 7) is 6.25. The summed E-state index contributed by atoms with van der Waals surface area (Å²) in [5.74, 6) is 0.853. The monoisotopic (exact) mass is 450 g/mol. The first kappa shape index (κ1) is 22.4. The number of nitrogens with one attached hydrogen (secondary N) is 2. The highest BCUT2D eigenvalue weighted by molar-refractivity contribution is 7.99. The van der Waals surface area contributed by atoms with Crippen LogP contribution in [0.25, 0.3) is 11.0 Å². The Bertz CT molecular complexity index is 1080. The lowest BCUT2D eigenvalue weighted by Crippen LogP contribution is -2.43. The van der Waals surface area contributed by atoms with E-state index in [4.69, 9.17) is 9.72 Å². The summed E-state index contributed by atoms with van der Waals surface area (Å²) < 4.78 is 5.42. The van der Waals surface area contributed by atoms with Crippen LogP contribution in [-0.4, -0.2) is 52.3 Å². The van der Waals surface area contributed by atoms with Gasteiger partial charge in [-0.3, -0.25) is 9.69 Å². The van der Waals surface area contributed by atoms with E-state index in [0.717, 1.165) is 47.0 Å². The zero-order valence-corrected chi connectivity index (χ0v) is 19.6. The molecule has 0 spiro atoms. The van der Waals surface area contributed by atoms with E-state index >= 15 is 0 Å². The van der Waals surface area contributed by atoms with Crippen LogP contribution in [0.1, 0.15) is 25.8 Å². The van der Waals surface area contributed by atoms with Gasteiger partial charge in [0, 0.05) is 30.4 Å². The lowest BCUT2D eigenvalue weighted by Gasteiger charge is -2.24. The molecule has 168 valence electrons. The molecule has 0 bridgehead atoms. The van der Waals surface area contributed by atoms with Crippen LogP contribution < -0.4 is 10.1 Å². The van der Waals surface area contributed by atoms with Gasteiger partial charge in [-0.1, -0.05) is 53.7 Å². The SMILES string of the molecule is C/C=C(\C)CN1C[C@@H](Sc2nc3ccccc3[nH]2)C[C@H]1C(=O)NCc1ccccc1OC. The van der Waals surface area contributed by atoms with Crippen molar-refractivity contribution in [3.05, 3.63) is 65.7 Å². The lowest BCUT2D eigenvalue weighted by atomic mass is 10.1. The van der Waals surface area contributed by atoms with Crippen LogP contribution in [0.5, 0.6) is 5.75 Å². The third-order valence-electron chi connectivity index (χ3n) is 5.90. The molecule has 2 heterocycles. The second kappa shape index (κ2) is 10.2. The summed E-state index contributed by atoms with van der Waals surface area (Å²) in [5, 5.41) is 4.33. The quantitative estimate of drug-likeness (QED) is 0.498. The van der Waals surface area contributed by atoms with Gasteiger partial charge in [-0.15, -0.1) is 0 Å². The summed E-state index contributed by atoms with van der Waals surface area (Å²) in [6.07, 6.45) is 2.90. The largest absolute Gasteiger partial charge is 0.496 e. The number of rotatable bonds is 8. The van der Waals surface area contributed by atoms with Crippen molar-refractivity contribution in [1.82, 2.24) is 20.2 Å². The fraction of sp³-hybridized carbons (Fsp3) is 0.360. The number of carbonyl (C=O) groups excluding carboxylic acids is 1. The topological polar surface area (TPSA) is 70.2 Å². The number of aromatic nitrogens is 2. The molecule has 1 aliphatic rings. The van der Waals surface area contributed by atoms with E-state index in [1.165, 1.54) is 5.57 Å². The molecule has 1 aliphatic heterocycles. The van der Waals surface area contributed by atoms with E-state index in [9.17, 15) is 4.79 Å². The highest BCUT2D eigenvalue weighted by atomic mass is 32.2. The number of imidazole rings is 1. The van der Waals surface area contributed by atoms with Crippen LogP contribution in [0.4, 0.5) is 0 Å². The molecule has 2 atom stereocenters. The van der Waals surface area contributed by atoms with Gasteiger partial charge < -0.3 is 15.0 Å². The van der Waals surface area contributed by atoms with Gasteiger partial charge in [-0.25, -0.2) is 4.98 Å². The normalized spacial score (nSPS) is 19.4. The van der Waals surface area contributed by atoms with E-state index in [0.29, 0.717) is 11.8 Å². The Morgan fingerprint density at radius 3 is 2.84 bits per heavy atom. The molecule has 32 heavy (non-hydrogen) atoms. The number of likely N-dealkylation sites (tertiary alicyclic amines) is 1. The van der Waals surface area contributed by atoms with Crippen LogP contribution >= 0.6 is 11.8 Å². The lowest BCUT2D eigenvalue weighted by molar-refractivity contribution is -0.125. The third-order valence-corrected chi connectivity index (χ3v) is 7.00. The molecular weight excluding hydrogens is 420 g/mol. The van der Waals surface area contributed by atoms with Gasteiger partial charge in [0.2, 0.25) is 5.91 Å². The molecule has 1 saturated heterocycles. The first-order valence-electron chi connectivity index (χ1n) is 10.9. The standard InChI is InChI=1S/C25H30N4O2S/c1-4-17(2)15-29-16-19(32-25-27-20-10-6-7-11-21(20)28-25)13-22(29)24(30)26-14-18-9-5-8-12-23(18)31-3/h4-12,19,22H,13-16H2,1-3H3,(H,26,30)(H,27,28)/b17-4+/t19-,22-/m0/s1. The number of methoxy groups -OCH3 is 1. The van der Waals surface area contributed by atoms with Crippen LogP contribution in [0.3, 0.4) is 0 Å². The van der Waals surface area contributed by atoms with Crippen molar-refractivity contribution in [1.29, 1.82) is 0 Å². The van der Waals surface area contributed by atoms with Crippen LogP contribution in [0, 0.1) is 0 Å². The Hall–Kier alpha value is -2.77. The van der Waals surface area contributed by atoms with Gasteiger partial charge in [0.25, 0.3) is 0 Å². The number of thioether (sulfide) groups is 1. The molecule has 4 rings (SSSR count). The predicted molar refractivity (Wildman–Crippen MR) is 130 cm³/mol. The van der Waals surface area contributed by atoms with E-state index in [2.05, 4.69) is 28.2 Å². The smallest absolute Gasteiger partial charge is 0.237 e. The number of hydrogen-bond acceptors (Lipinski definition) is 5. The van der Waals surface area contributed by atoms with Gasteiger partial charge in [-0.2, -0.15) is 0 Å². The average molecular weight is 451 g/mol. The molecule has 2 N–H and O–H groups in total. The number of amides is 1. The Labute approximate surface area is 193 Å². The molecule has 1 fully saturated rings. The van der Waals surface area contributed by atoms with Crippen LogP contribution in [-0.2, 0) is 11.3 Å². The molecule has 6 nitrogen and oxygen atoms in total. The van der Waals surface area contributed by atoms with Gasteiger partial charge in [0.05, 0.1) is 24.2 Å². The van der Waals surface area contributed by atoms with Crippen molar-refractivity contribution in [3.8, 4) is 5.75 Å². The minimum Gasteiger partial charge on any atom is -0.496 e. The first-order chi connectivity index (χ1) is 15.6. The molecule has 0 unspecified atom stereocenters. The molecule has 0 radical (unpaired) electrons. The average Bonchev–Trinajstić information content (AvgIpc) is 3.40. The predicted octanol–water partition coefficient (Wildman–Crippen LogP) is 4.39. The maximum atomic E-state index is 13.2. The zero-order valence-electron chi connectivity index (χ0n) is 18.8. The molecule has 0 saturated carbocycles. The molecule has 3 aromatic rings. The minimum absolute atomic E-state index is 0.0625. The van der Waals surface area contributed by atoms with E-state index in [1.54, 1.807) is 18.9 Å². The van der Waals surface area contributed by atoms with Crippen molar-refractivity contribution in [2.45, 2.75) is 43.3 Å². The van der Waals surface area contributed by atoms with Crippen molar-refractivity contribution in [2.24, 2.45) is 0 Å². The number of carbonyl (C=O) groups is 1. The Kier molecular flexibility index (Phi) is 7.17. The van der Waals surface area contributed by atoms with E-state index < -0.39 is 0 Å². The van der Waals surface area contributed by atoms with Crippen LogP contribution in [0.2, 0.25) is 0 Å². The number of benzene rings is 2. The van der Waals surface area contributed by atoms with Crippen molar-refractivity contribution in [3.63, 3.8) is 0 Å². The zero-order chi connectivity index (χ0) is 22.5. The Morgan fingerprint density at radius 1 is 1.28 bits per heavy atom. The number of para-hydroxylation sites is 3. The third kappa shape index (κ3) is 5.16. The number of H-pyrrole nitrogens is 1. The second-order valence-electron chi connectivity index (χ2n) is 8.14. The maximum absolute atomic E-state index is 13.2. The Balaban J connectivity index is 1.45. The number of allylic oxidation sites excluding steroid dienone is 1. The molecule has 1 amide bonds. The number of hydrogen-bond donors (Lipinski definition) is 2. The fourth-order valence-electron chi connectivity index (χ4n) is 4.10. The summed E-state index contributed by atoms with van der Waals surface area (Å²) in [6, 6.07) is 15.7. The van der Waals surface area contributed by atoms with Gasteiger partial charge in [0.1, 0.15) is 5.75 Å². The first-order valence-corrected chi connectivity index (χ1v) is 11.8. The Morgan fingerprint density at radius 2 is 2.06 bits per heavy atom. The van der Waals surface area contributed by atoms with Gasteiger partial charge in [0.15, 0.2) is 5.16 Å². The molecule has 0 aliphatic carbocycles. The van der Waals surface area contributed by atoms with Crippen molar-refractivity contribution >= 4 is 28.7 Å². The number of aromatic amines is 1. The van der Waals surface area contributed by atoms with Crippen molar-refractivity contribution < 1.29 is 9.53 Å². The molecular formula is C25H30N4O2S. The maximum Gasteiger partial charge on any atom is 0.237 e. The summed E-state index contributed by atoms with van der Waals surface area (Å²) >= 11 is 1.73.